The average molecular weight is 319 g/mol. The maximum absolute atomic E-state index is 14.1. The highest BCUT2D eigenvalue weighted by Crippen LogP contribution is 2.17. The number of aromatic amines is 1. The number of H-pyrrole nitrogens is 1. The lowest BCUT2D eigenvalue weighted by Gasteiger charge is -2.29. The number of hydrogen-bond acceptors (Lipinski definition) is 3. The van der Waals surface area contributed by atoms with Gasteiger partial charge in [-0.3, -0.25) is 9.89 Å². The number of aliphatic hydroxyl groups is 1. The van der Waals surface area contributed by atoms with Gasteiger partial charge in [-0.05, 0) is 45.4 Å². The van der Waals surface area contributed by atoms with Crippen molar-refractivity contribution in [1.82, 2.24) is 15.1 Å². The van der Waals surface area contributed by atoms with Crippen molar-refractivity contribution < 1.29 is 14.3 Å². The van der Waals surface area contributed by atoms with E-state index in [1.54, 1.807) is 45.9 Å². The number of hydrogen-bond donors (Lipinski definition) is 2. The molecule has 0 spiro atoms. The zero-order valence-electron chi connectivity index (χ0n) is 13.9. The van der Waals surface area contributed by atoms with Gasteiger partial charge in [0, 0.05) is 18.7 Å². The average Bonchev–Trinajstić information content (AvgIpc) is 2.85. The molecule has 0 atom stereocenters. The number of aryl methyl sites for hydroxylation is 2. The molecule has 1 aromatic carbocycles. The third-order valence-corrected chi connectivity index (χ3v) is 3.37. The first kappa shape index (κ1) is 17.1. The standard InChI is InChI=1S/C17H22FN3O2/c1-11-5-6-13(14(18)7-11)9-21(10-17(3,4)23)16(22)15-8-12(2)19-20-15/h5-8,23H,9-10H2,1-4H3,(H,19,20). The van der Waals surface area contributed by atoms with Crippen LogP contribution >= 0.6 is 0 Å². The number of benzene rings is 1. The summed E-state index contributed by atoms with van der Waals surface area (Å²) >= 11 is 0. The van der Waals surface area contributed by atoms with Crippen molar-refractivity contribution in [2.24, 2.45) is 0 Å². The zero-order chi connectivity index (χ0) is 17.2. The van der Waals surface area contributed by atoms with Crippen LogP contribution in [0.15, 0.2) is 24.3 Å². The van der Waals surface area contributed by atoms with Crippen molar-refractivity contribution >= 4 is 5.91 Å². The summed E-state index contributed by atoms with van der Waals surface area (Å²) < 4.78 is 14.1. The van der Waals surface area contributed by atoms with Gasteiger partial charge in [0.25, 0.3) is 5.91 Å². The van der Waals surface area contributed by atoms with Crippen LogP contribution in [-0.2, 0) is 6.54 Å². The van der Waals surface area contributed by atoms with Crippen LogP contribution in [0.5, 0.6) is 0 Å². The minimum absolute atomic E-state index is 0.0764. The first-order valence-corrected chi connectivity index (χ1v) is 7.44. The fourth-order valence-electron chi connectivity index (χ4n) is 2.35. The Morgan fingerprint density at radius 1 is 1.35 bits per heavy atom. The van der Waals surface area contributed by atoms with Crippen molar-refractivity contribution in [3.63, 3.8) is 0 Å². The van der Waals surface area contributed by atoms with Gasteiger partial charge in [-0.2, -0.15) is 5.10 Å². The summed E-state index contributed by atoms with van der Waals surface area (Å²) in [6, 6.07) is 6.52. The number of carbonyl (C=O) groups is 1. The summed E-state index contributed by atoms with van der Waals surface area (Å²) in [5.74, 6) is -0.688. The molecular formula is C17H22FN3O2. The van der Waals surface area contributed by atoms with E-state index >= 15 is 0 Å². The molecule has 1 amide bonds. The van der Waals surface area contributed by atoms with Crippen molar-refractivity contribution in [2.75, 3.05) is 6.54 Å². The zero-order valence-corrected chi connectivity index (χ0v) is 13.9. The first-order chi connectivity index (χ1) is 10.7. The number of halogens is 1. The van der Waals surface area contributed by atoms with Crippen molar-refractivity contribution in [2.45, 2.75) is 39.8 Å². The number of amides is 1. The monoisotopic (exact) mass is 319 g/mol. The summed E-state index contributed by atoms with van der Waals surface area (Å²) in [6.45, 7) is 6.95. The van der Waals surface area contributed by atoms with Crippen LogP contribution in [0.1, 0.15) is 41.2 Å². The summed E-state index contributed by atoms with van der Waals surface area (Å²) in [4.78, 5) is 14.1. The van der Waals surface area contributed by atoms with E-state index in [0.29, 0.717) is 17.0 Å². The fourth-order valence-corrected chi connectivity index (χ4v) is 2.35. The van der Waals surface area contributed by atoms with Gasteiger partial charge in [-0.1, -0.05) is 12.1 Å². The summed E-state index contributed by atoms with van der Waals surface area (Å²) in [5, 5.41) is 16.7. The van der Waals surface area contributed by atoms with Gasteiger partial charge < -0.3 is 10.0 Å². The molecule has 23 heavy (non-hydrogen) atoms. The number of nitrogens with zero attached hydrogens (tertiary/aromatic N) is 2. The third kappa shape index (κ3) is 4.63. The van der Waals surface area contributed by atoms with Crippen LogP contribution in [0.2, 0.25) is 0 Å². The fraction of sp³-hybridized carbons (Fsp3) is 0.412. The maximum Gasteiger partial charge on any atom is 0.272 e. The summed E-state index contributed by atoms with van der Waals surface area (Å²) in [5.41, 5.74) is 1.14. The van der Waals surface area contributed by atoms with Crippen LogP contribution in [0, 0.1) is 19.7 Å². The molecule has 2 rings (SSSR count). The van der Waals surface area contributed by atoms with Crippen LogP contribution in [0.4, 0.5) is 4.39 Å². The number of nitrogens with one attached hydrogen (secondary N) is 1. The lowest BCUT2D eigenvalue weighted by molar-refractivity contribution is 0.0274. The van der Waals surface area contributed by atoms with Crippen molar-refractivity contribution in [3.8, 4) is 0 Å². The molecule has 124 valence electrons. The minimum atomic E-state index is -1.09. The highest BCUT2D eigenvalue weighted by molar-refractivity contribution is 5.92. The smallest absolute Gasteiger partial charge is 0.272 e. The van der Waals surface area contributed by atoms with Gasteiger partial charge in [-0.15, -0.1) is 0 Å². The van der Waals surface area contributed by atoms with Crippen molar-refractivity contribution in [1.29, 1.82) is 0 Å². The highest BCUT2D eigenvalue weighted by atomic mass is 19.1. The van der Waals surface area contributed by atoms with Gasteiger partial charge >= 0.3 is 0 Å². The predicted molar refractivity (Wildman–Crippen MR) is 85.5 cm³/mol. The molecule has 0 aliphatic carbocycles. The summed E-state index contributed by atoms with van der Waals surface area (Å²) in [6.07, 6.45) is 0. The molecule has 5 nitrogen and oxygen atoms in total. The normalized spacial score (nSPS) is 11.6. The Hall–Kier alpha value is -2.21. The topological polar surface area (TPSA) is 69.2 Å². The molecule has 0 aliphatic rings. The molecule has 1 heterocycles. The van der Waals surface area contributed by atoms with E-state index in [-0.39, 0.29) is 24.8 Å². The second kappa shape index (κ2) is 6.50. The molecule has 0 radical (unpaired) electrons. The Morgan fingerprint density at radius 2 is 2.04 bits per heavy atom. The van der Waals surface area contributed by atoms with E-state index in [4.69, 9.17) is 0 Å². The molecule has 0 fully saturated rings. The Bertz CT molecular complexity index is 704. The van der Waals surface area contributed by atoms with E-state index in [1.807, 2.05) is 0 Å². The quantitative estimate of drug-likeness (QED) is 0.890. The molecule has 0 aliphatic heterocycles. The molecule has 1 aromatic heterocycles. The van der Waals surface area contributed by atoms with Gasteiger partial charge in [-0.25, -0.2) is 4.39 Å². The van der Waals surface area contributed by atoms with Gasteiger partial charge in [0.05, 0.1) is 11.3 Å². The molecule has 0 saturated carbocycles. The molecule has 0 unspecified atom stereocenters. The lowest BCUT2D eigenvalue weighted by Crippen LogP contribution is -2.42. The van der Waals surface area contributed by atoms with Crippen LogP contribution in [-0.4, -0.2) is 38.3 Å². The largest absolute Gasteiger partial charge is 0.389 e. The van der Waals surface area contributed by atoms with E-state index in [2.05, 4.69) is 10.2 Å². The molecular weight excluding hydrogens is 297 g/mol. The third-order valence-electron chi connectivity index (χ3n) is 3.37. The summed E-state index contributed by atoms with van der Waals surface area (Å²) in [7, 11) is 0. The number of carbonyl (C=O) groups excluding carboxylic acids is 1. The molecule has 0 saturated heterocycles. The maximum atomic E-state index is 14.1. The highest BCUT2D eigenvalue weighted by Gasteiger charge is 2.25. The second-order valence-corrected chi connectivity index (χ2v) is 6.49. The van der Waals surface area contributed by atoms with E-state index in [0.717, 1.165) is 5.56 Å². The number of rotatable bonds is 5. The van der Waals surface area contributed by atoms with Crippen LogP contribution in [0.25, 0.3) is 0 Å². The lowest BCUT2D eigenvalue weighted by atomic mass is 10.1. The molecule has 0 bridgehead atoms. The molecule has 2 aromatic rings. The minimum Gasteiger partial charge on any atom is -0.389 e. The van der Waals surface area contributed by atoms with Gasteiger partial charge in [0.2, 0.25) is 0 Å². The predicted octanol–water partition coefficient (Wildman–Crippen LogP) is 2.58. The first-order valence-electron chi connectivity index (χ1n) is 7.44. The van der Waals surface area contributed by atoms with Crippen molar-refractivity contribution in [3.05, 3.63) is 52.6 Å². The number of aromatic nitrogens is 2. The Morgan fingerprint density at radius 3 is 2.57 bits per heavy atom. The van der Waals surface area contributed by atoms with Gasteiger partial charge in [0.1, 0.15) is 11.5 Å². The molecule has 2 N–H and O–H groups in total. The Labute approximate surface area is 135 Å². The Balaban J connectivity index is 2.28. The van der Waals surface area contributed by atoms with E-state index in [9.17, 15) is 14.3 Å². The van der Waals surface area contributed by atoms with Crippen LogP contribution < -0.4 is 0 Å². The molecule has 6 heteroatoms. The van der Waals surface area contributed by atoms with E-state index < -0.39 is 5.60 Å². The van der Waals surface area contributed by atoms with Crippen LogP contribution in [0.3, 0.4) is 0 Å². The van der Waals surface area contributed by atoms with Gasteiger partial charge in [0.15, 0.2) is 0 Å². The SMILES string of the molecule is Cc1ccc(CN(CC(C)(C)O)C(=O)c2cc(C)n[nH]2)c(F)c1. The Kier molecular flexibility index (Phi) is 4.85. The van der Waals surface area contributed by atoms with E-state index in [1.165, 1.54) is 11.0 Å². The second-order valence-electron chi connectivity index (χ2n) is 6.49.